The zero-order valence-corrected chi connectivity index (χ0v) is 28.8. The number of aromatic nitrogens is 5. The van der Waals surface area contributed by atoms with Gasteiger partial charge in [-0.3, -0.25) is 0 Å². The maximum atomic E-state index is 13.4. The van der Waals surface area contributed by atoms with Gasteiger partial charge >= 0.3 is 5.97 Å². The van der Waals surface area contributed by atoms with E-state index in [4.69, 9.17) is 9.15 Å². The molecule has 0 spiro atoms. The highest BCUT2D eigenvalue weighted by molar-refractivity contribution is 7.92. The highest BCUT2D eigenvalue weighted by atomic mass is 32.2. The quantitative estimate of drug-likeness (QED) is 0.123. The summed E-state index contributed by atoms with van der Waals surface area (Å²) in [6.45, 7) is 10.8. The van der Waals surface area contributed by atoms with E-state index in [1.54, 1.807) is 12.3 Å². The molecule has 0 aliphatic heterocycles. The molecule has 1 aliphatic carbocycles. The number of rotatable bonds is 14. The summed E-state index contributed by atoms with van der Waals surface area (Å²) in [4.78, 5) is 33.7. The van der Waals surface area contributed by atoms with Crippen molar-refractivity contribution in [2.75, 3.05) is 11.3 Å². The van der Waals surface area contributed by atoms with Crippen molar-refractivity contribution >= 4 is 33.3 Å². The number of anilines is 1. The Kier molecular flexibility index (Phi) is 9.36. The molecule has 0 radical (unpaired) electrons. The lowest BCUT2D eigenvalue weighted by molar-refractivity contribution is 0.0696. The van der Waals surface area contributed by atoms with Gasteiger partial charge in [0.15, 0.2) is 0 Å². The molecule has 3 heterocycles. The smallest absolute Gasteiger partial charge is 0.335 e. The third-order valence-electron chi connectivity index (χ3n) is 8.59. The summed E-state index contributed by atoms with van der Waals surface area (Å²) in [6.07, 6.45) is 4.76. The van der Waals surface area contributed by atoms with Gasteiger partial charge in [-0.25, -0.2) is 32.9 Å². The van der Waals surface area contributed by atoms with Gasteiger partial charge < -0.3 is 19.6 Å². The molecule has 3 N–H and O–H groups in total. The second-order valence-electron chi connectivity index (χ2n) is 13.2. The normalized spacial score (nSPS) is 14.6. The van der Waals surface area contributed by atoms with E-state index in [2.05, 4.69) is 41.9 Å². The molecule has 5 aromatic rings. The van der Waals surface area contributed by atoms with Crippen LogP contribution >= 0.6 is 0 Å². The first-order chi connectivity index (χ1) is 23.3. The van der Waals surface area contributed by atoms with Crippen LogP contribution in [0.3, 0.4) is 0 Å². The second-order valence-corrected chi connectivity index (χ2v) is 14.9. The van der Waals surface area contributed by atoms with Crippen molar-refractivity contribution in [1.82, 2.24) is 30.2 Å². The molecule has 13 nitrogen and oxygen atoms in total. The molecular formula is C35H39N7O6S. The fraction of sp³-hybridized carbons (Fsp3) is 0.371. The SMILES string of the molecule is Cc1cccc(C)c1-c1cc(OC[C@@H](CC2(C)CC2)NCc2cnc3nc(C(C)C)oc3n2)nc(NS(=O)(=O)c2cccc(C(=O)O)c2)n1. The average Bonchev–Trinajstić information content (AvgIpc) is 3.61. The highest BCUT2D eigenvalue weighted by Gasteiger charge is 2.39. The number of fused-ring (bicyclic) bond motifs is 1. The van der Waals surface area contributed by atoms with Crippen molar-refractivity contribution < 1.29 is 27.5 Å². The fourth-order valence-electron chi connectivity index (χ4n) is 5.61. The molecular weight excluding hydrogens is 646 g/mol. The molecule has 3 aromatic heterocycles. The zero-order valence-electron chi connectivity index (χ0n) is 28.0. The molecule has 1 fully saturated rings. The topological polar surface area (TPSA) is 182 Å². The number of nitrogens with zero attached hydrogens (tertiary/aromatic N) is 5. The first-order valence-electron chi connectivity index (χ1n) is 16.1. The Morgan fingerprint density at radius 2 is 1.78 bits per heavy atom. The van der Waals surface area contributed by atoms with Crippen LogP contribution in [0.25, 0.3) is 22.6 Å². The molecule has 49 heavy (non-hydrogen) atoms. The van der Waals surface area contributed by atoms with Crippen LogP contribution in [-0.4, -0.2) is 57.1 Å². The average molecular weight is 686 g/mol. The highest BCUT2D eigenvalue weighted by Crippen LogP contribution is 2.49. The predicted octanol–water partition coefficient (Wildman–Crippen LogP) is 6.04. The molecule has 14 heteroatoms. The monoisotopic (exact) mass is 685 g/mol. The van der Waals surface area contributed by atoms with Crippen LogP contribution in [0.15, 0.2) is 64.0 Å². The van der Waals surface area contributed by atoms with Gasteiger partial charge in [0.25, 0.3) is 15.7 Å². The van der Waals surface area contributed by atoms with Crippen molar-refractivity contribution in [3.8, 4) is 17.1 Å². The molecule has 1 aliphatic rings. The molecule has 2 aromatic carbocycles. The number of hydrogen-bond acceptors (Lipinski definition) is 11. The minimum Gasteiger partial charge on any atom is -0.478 e. The standard InChI is InChI=1S/C35H39N7O6S/c1-20(2)31-41-30-32(48-31)38-25(18-37-30)17-36-24(16-35(5)12-13-35)19-47-28-15-27(29-21(3)8-6-9-22(29)4)39-34(40-28)42-49(45,46)26-11-7-10-23(14-26)33(43)44/h6-11,14-15,18,20,24,36H,12-13,16-17,19H2,1-5H3,(H,43,44)(H,39,40,42)/t24-/m1/s1. The number of benzene rings is 2. The van der Waals surface area contributed by atoms with E-state index in [1.807, 2.05) is 45.9 Å². The van der Waals surface area contributed by atoms with Crippen LogP contribution in [0, 0.1) is 19.3 Å². The Morgan fingerprint density at radius 1 is 1.04 bits per heavy atom. The van der Waals surface area contributed by atoms with Gasteiger partial charge in [-0.2, -0.15) is 9.97 Å². The summed E-state index contributed by atoms with van der Waals surface area (Å²) in [5.74, 6) is -0.551. The maximum absolute atomic E-state index is 13.4. The molecule has 0 amide bonds. The predicted molar refractivity (Wildman–Crippen MR) is 183 cm³/mol. The maximum Gasteiger partial charge on any atom is 0.335 e. The summed E-state index contributed by atoms with van der Waals surface area (Å²) in [7, 11) is -4.24. The molecule has 1 saturated carbocycles. The first-order valence-corrected chi connectivity index (χ1v) is 17.6. The lowest BCUT2D eigenvalue weighted by Gasteiger charge is -2.22. The third-order valence-corrected chi connectivity index (χ3v) is 9.91. The number of hydrogen-bond donors (Lipinski definition) is 3. The number of oxazole rings is 1. The van der Waals surface area contributed by atoms with Crippen LogP contribution in [0.2, 0.25) is 0 Å². The summed E-state index contributed by atoms with van der Waals surface area (Å²) >= 11 is 0. The Bertz CT molecular complexity index is 2110. The van der Waals surface area contributed by atoms with E-state index in [1.165, 1.54) is 18.2 Å². The van der Waals surface area contributed by atoms with E-state index in [0.29, 0.717) is 35.2 Å². The van der Waals surface area contributed by atoms with Gasteiger partial charge in [0.1, 0.15) is 6.61 Å². The summed E-state index contributed by atoms with van der Waals surface area (Å²) in [5.41, 5.74) is 4.79. The summed E-state index contributed by atoms with van der Waals surface area (Å²) < 4.78 is 41.3. The number of carboxylic acids is 1. The van der Waals surface area contributed by atoms with Crippen molar-refractivity contribution in [2.24, 2.45) is 5.41 Å². The van der Waals surface area contributed by atoms with Crippen molar-refractivity contribution in [3.05, 3.63) is 83.0 Å². The van der Waals surface area contributed by atoms with Crippen LogP contribution in [0.1, 0.15) is 79.0 Å². The third kappa shape index (κ3) is 8.03. The lowest BCUT2D eigenvalue weighted by atomic mass is 9.99. The lowest BCUT2D eigenvalue weighted by Crippen LogP contribution is -2.36. The number of ether oxygens (including phenoxy) is 1. The first kappa shape index (κ1) is 33.9. The van der Waals surface area contributed by atoms with Gasteiger partial charge in [-0.15, -0.1) is 0 Å². The number of nitrogens with one attached hydrogen (secondary N) is 2. The van der Waals surface area contributed by atoms with E-state index >= 15 is 0 Å². The molecule has 0 saturated heterocycles. The largest absolute Gasteiger partial charge is 0.478 e. The fourth-order valence-corrected chi connectivity index (χ4v) is 6.60. The minimum absolute atomic E-state index is 0.0940. The summed E-state index contributed by atoms with van der Waals surface area (Å²) in [6, 6.07) is 12.5. The van der Waals surface area contributed by atoms with Gasteiger partial charge in [-0.05, 0) is 67.9 Å². The minimum atomic E-state index is -4.24. The van der Waals surface area contributed by atoms with Crippen LogP contribution in [0.5, 0.6) is 5.88 Å². The number of carboxylic acid groups (broad SMARTS) is 1. The number of sulfonamides is 1. The molecule has 256 valence electrons. The van der Waals surface area contributed by atoms with Gasteiger partial charge in [-0.1, -0.05) is 45.0 Å². The van der Waals surface area contributed by atoms with Gasteiger partial charge in [0.05, 0.1) is 28.0 Å². The van der Waals surface area contributed by atoms with E-state index in [-0.39, 0.29) is 46.3 Å². The Hall–Kier alpha value is -4.95. The van der Waals surface area contributed by atoms with Gasteiger partial charge in [0, 0.05) is 30.1 Å². The van der Waals surface area contributed by atoms with E-state index in [0.717, 1.165) is 42.0 Å². The van der Waals surface area contributed by atoms with Crippen molar-refractivity contribution in [1.29, 1.82) is 0 Å². The molecule has 0 unspecified atom stereocenters. The van der Waals surface area contributed by atoms with Gasteiger partial charge in [0.2, 0.25) is 23.4 Å². The molecule has 6 rings (SSSR count). The van der Waals surface area contributed by atoms with Crippen LogP contribution < -0.4 is 14.8 Å². The second kappa shape index (κ2) is 13.5. The molecule has 0 bridgehead atoms. The van der Waals surface area contributed by atoms with Crippen molar-refractivity contribution in [3.63, 3.8) is 0 Å². The Labute approximate surface area is 284 Å². The summed E-state index contributed by atoms with van der Waals surface area (Å²) in [5, 5.41) is 12.9. The van der Waals surface area contributed by atoms with E-state index < -0.39 is 16.0 Å². The molecule has 1 atom stereocenters. The number of aryl methyl sites for hydroxylation is 2. The van der Waals surface area contributed by atoms with Crippen molar-refractivity contribution in [2.45, 2.75) is 77.3 Å². The Morgan fingerprint density at radius 3 is 2.47 bits per heavy atom. The van der Waals surface area contributed by atoms with E-state index in [9.17, 15) is 18.3 Å². The zero-order chi connectivity index (χ0) is 34.9. The Balaban J connectivity index is 1.26. The number of aromatic carboxylic acids is 1. The number of carbonyl (C=O) groups is 1. The van der Waals surface area contributed by atoms with Crippen LogP contribution in [-0.2, 0) is 16.6 Å². The van der Waals surface area contributed by atoms with Crippen LogP contribution in [0.4, 0.5) is 5.95 Å².